The molecule has 3 aromatic heterocycles. The van der Waals surface area contributed by atoms with E-state index >= 15 is 0 Å². The number of carbonyl (C=O) groups is 3. The van der Waals surface area contributed by atoms with Gasteiger partial charge in [0.15, 0.2) is 5.78 Å². The highest BCUT2D eigenvalue weighted by atomic mass is 16.6. The zero-order valence-corrected chi connectivity index (χ0v) is 27.9. The van der Waals surface area contributed by atoms with Crippen LogP contribution >= 0.6 is 0 Å². The average molecular weight is 653 g/mol. The molecule has 6 heterocycles. The number of urea groups is 1. The Morgan fingerprint density at radius 3 is 2.60 bits per heavy atom. The van der Waals surface area contributed by atoms with Gasteiger partial charge in [0.25, 0.3) is 5.82 Å². The summed E-state index contributed by atoms with van der Waals surface area (Å²) in [6, 6.07) is 7.27. The Hall–Kier alpha value is -5.32. The van der Waals surface area contributed by atoms with Gasteiger partial charge in [0.05, 0.1) is 22.8 Å². The second kappa shape index (κ2) is 12.7. The largest absolute Gasteiger partial charge is 0.444 e. The summed E-state index contributed by atoms with van der Waals surface area (Å²) in [5, 5.41) is 2.75. The number of hydrogen-bond acceptors (Lipinski definition) is 10. The van der Waals surface area contributed by atoms with E-state index in [1.54, 1.807) is 30.7 Å². The topological polar surface area (TPSA) is 141 Å². The Kier molecular flexibility index (Phi) is 8.63. The van der Waals surface area contributed by atoms with Crippen LogP contribution in [-0.4, -0.2) is 104 Å². The average Bonchev–Trinajstić information content (AvgIpc) is 3.47. The third-order valence-electron chi connectivity index (χ3n) is 8.83. The number of alkyl carbamates (subject to hydrolysis) is 1. The van der Waals surface area contributed by atoms with E-state index < -0.39 is 17.2 Å². The highest BCUT2D eigenvalue weighted by Crippen LogP contribution is 2.40. The summed E-state index contributed by atoms with van der Waals surface area (Å²) < 4.78 is 5.27. The Bertz CT molecular complexity index is 1760. The van der Waals surface area contributed by atoms with E-state index in [0.717, 1.165) is 5.56 Å². The van der Waals surface area contributed by atoms with Crippen LogP contribution in [0.25, 0.3) is 16.1 Å². The number of ketones is 1. The molecule has 3 aliphatic heterocycles. The number of rotatable bonds is 8. The minimum absolute atomic E-state index is 0.0143. The number of fused-ring (bicyclic) bond motifs is 2. The van der Waals surface area contributed by atoms with E-state index in [9.17, 15) is 14.4 Å². The number of aromatic nitrogens is 4. The Labute approximate surface area is 279 Å². The van der Waals surface area contributed by atoms with E-state index in [1.165, 1.54) is 0 Å². The second-order valence-corrected chi connectivity index (χ2v) is 13.7. The van der Waals surface area contributed by atoms with Gasteiger partial charge in [0.1, 0.15) is 17.6 Å². The number of anilines is 2. The van der Waals surface area contributed by atoms with E-state index in [-0.39, 0.29) is 17.9 Å². The smallest absolute Gasteiger partial charge is 0.407 e. The lowest BCUT2D eigenvalue weighted by Gasteiger charge is -2.36. The van der Waals surface area contributed by atoms with Crippen LogP contribution in [0.4, 0.5) is 27.2 Å². The lowest BCUT2D eigenvalue weighted by Crippen LogP contribution is -2.52. The molecule has 3 aliphatic rings. The molecule has 14 heteroatoms. The normalized spacial score (nSPS) is 18.5. The van der Waals surface area contributed by atoms with Crippen molar-refractivity contribution >= 4 is 35.5 Å². The van der Waals surface area contributed by atoms with Crippen LogP contribution in [0.15, 0.2) is 42.9 Å². The molecule has 2 fully saturated rings. The molecule has 1 N–H and O–H groups in total. The quantitative estimate of drug-likeness (QED) is 0.277. The molecule has 0 spiro atoms. The van der Waals surface area contributed by atoms with Crippen LogP contribution in [0.2, 0.25) is 0 Å². The van der Waals surface area contributed by atoms with Crippen molar-refractivity contribution in [3.8, 4) is 11.3 Å². The number of Topliss-reactive ketones (excluding diaryl/α,β-unsaturated/α-hetero) is 1. The second-order valence-electron chi connectivity index (χ2n) is 13.7. The van der Waals surface area contributed by atoms with Gasteiger partial charge in [-0.05, 0) is 64.8 Å². The Morgan fingerprint density at radius 2 is 1.88 bits per heavy atom. The number of piperazine rings is 1. The molecular weight excluding hydrogens is 612 g/mol. The molecule has 0 aromatic carbocycles. The molecule has 6 rings (SSSR count). The fraction of sp³-hybridized carbons (Fsp3) is 0.471. The van der Waals surface area contributed by atoms with E-state index in [1.807, 2.05) is 61.5 Å². The molecule has 3 amide bonds. The van der Waals surface area contributed by atoms with Crippen molar-refractivity contribution < 1.29 is 19.1 Å². The van der Waals surface area contributed by atoms with Crippen molar-refractivity contribution in [2.45, 2.75) is 64.8 Å². The maximum absolute atomic E-state index is 13.4. The van der Waals surface area contributed by atoms with Crippen molar-refractivity contribution in [3.63, 3.8) is 0 Å². The summed E-state index contributed by atoms with van der Waals surface area (Å²) in [5.74, 6) is 1.40. The SMILES string of the molecule is [C-]#[N+]c1ncccc1CN1c2nc(-c3cnc(N4CCN5C(=O)N(CCCNC(=O)OC(C)(C)C)C[C@@H]5C4)nc3)ccc2C(=O)C1(C)C. The first-order valence-corrected chi connectivity index (χ1v) is 16.1. The molecule has 14 nitrogen and oxygen atoms in total. The molecule has 48 heavy (non-hydrogen) atoms. The zero-order chi connectivity index (χ0) is 34.2. The van der Waals surface area contributed by atoms with Crippen LogP contribution in [0.3, 0.4) is 0 Å². The van der Waals surface area contributed by atoms with Crippen molar-refractivity contribution in [3.05, 3.63) is 65.4 Å². The van der Waals surface area contributed by atoms with E-state index in [2.05, 4.69) is 30.0 Å². The summed E-state index contributed by atoms with van der Waals surface area (Å²) >= 11 is 0. The number of amides is 3. The highest BCUT2D eigenvalue weighted by Gasteiger charge is 2.45. The van der Waals surface area contributed by atoms with Crippen LogP contribution in [-0.2, 0) is 11.3 Å². The monoisotopic (exact) mass is 652 g/mol. The van der Waals surface area contributed by atoms with Gasteiger partial charge in [-0.2, -0.15) is 0 Å². The minimum Gasteiger partial charge on any atom is -0.444 e. The first-order valence-electron chi connectivity index (χ1n) is 16.1. The summed E-state index contributed by atoms with van der Waals surface area (Å²) in [6.07, 6.45) is 5.23. The van der Waals surface area contributed by atoms with Gasteiger partial charge in [0.2, 0.25) is 5.95 Å². The number of carbonyl (C=O) groups excluding carboxylic acids is 3. The first kappa shape index (κ1) is 32.6. The number of nitrogens with zero attached hydrogens (tertiary/aromatic N) is 9. The van der Waals surface area contributed by atoms with E-state index in [4.69, 9.17) is 16.3 Å². The maximum atomic E-state index is 13.4. The van der Waals surface area contributed by atoms with Gasteiger partial charge in [0, 0.05) is 63.8 Å². The zero-order valence-electron chi connectivity index (χ0n) is 27.9. The molecule has 1 atom stereocenters. The summed E-state index contributed by atoms with van der Waals surface area (Å²) in [6.45, 7) is 20.4. The fourth-order valence-corrected chi connectivity index (χ4v) is 6.34. The number of ether oxygens (including phenoxy) is 1. The molecule has 0 radical (unpaired) electrons. The molecule has 250 valence electrons. The summed E-state index contributed by atoms with van der Waals surface area (Å²) in [7, 11) is 0. The first-order chi connectivity index (χ1) is 22.9. The van der Waals surface area contributed by atoms with Gasteiger partial charge >= 0.3 is 12.1 Å². The molecular formula is C34H40N10O4. The lowest BCUT2D eigenvalue weighted by atomic mass is 9.97. The predicted molar refractivity (Wildman–Crippen MR) is 179 cm³/mol. The molecule has 0 bridgehead atoms. The van der Waals surface area contributed by atoms with Crippen molar-refractivity contribution in [1.82, 2.24) is 35.1 Å². The number of pyridine rings is 2. The highest BCUT2D eigenvalue weighted by molar-refractivity contribution is 6.12. The van der Waals surface area contributed by atoms with Crippen LogP contribution < -0.4 is 15.1 Å². The maximum Gasteiger partial charge on any atom is 0.407 e. The van der Waals surface area contributed by atoms with Gasteiger partial charge < -0.3 is 34.5 Å². The third kappa shape index (κ3) is 6.45. The van der Waals surface area contributed by atoms with Crippen LogP contribution in [0, 0.1) is 6.57 Å². The molecule has 2 saturated heterocycles. The summed E-state index contributed by atoms with van der Waals surface area (Å²) in [4.78, 5) is 68.0. The molecule has 0 unspecified atom stereocenters. The van der Waals surface area contributed by atoms with Crippen molar-refractivity contribution in [1.29, 1.82) is 0 Å². The van der Waals surface area contributed by atoms with Crippen LogP contribution in [0.1, 0.15) is 57.0 Å². The van der Waals surface area contributed by atoms with E-state index in [0.29, 0.717) is 86.6 Å². The van der Waals surface area contributed by atoms with Gasteiger partial charge in [-0.3, -0.25) is 4.79 Å². The van der Waals surface area contributed by atoms with Crippen molar-refractivity contribution in [2.75, 3.05) is 49.1 Å². The Morgan fingerprint density at radius 1 is 1.10 bits per heavy atom. The molecule has 0 aliphatic carbocycles. The van der Waals surface area contributed by atoms with Gasteiger partial charge in [-0.1, -0.05) is 12.6 Å². The predicted octanol–water partition coefficient (Wildman–Crippen LogP) is 4.31. The summed E-state index contributed by atoms with van der Waals surface area (Å²) in [5.41, 5.74) is 1.20. The third-order valence-corrected chi connectivity index (χ3v) is 8.83. The molecule has 0 saturated carbocycles. The number of hydrogen-bond donors (Lipinski definition) is 1. The fourth-order valence-electron chi connectivity index (χ4n) is 6.34. The van der Waals surface area contributed by atoms with Crippen LogP contribution in [0.5, 0.6) is 0 Å². The number of nitrogens with one attached hydrogen (secondary N) is 1. The Balaban J connectivity index is 1.09. The van der Waals surface area contributed by atoms with Gasteiger partial charge in [-0.25, -0.2) is 24.5 Å². The standard InChI is InChI=1S/C34H40N10O4/c1-33(2,3)48-31(46)37-13-8-14-42-21-24-20-41(15-16-43(24)32(42)47)30-38-17-23(18-39-30)26-11-10-25-27(45)34(4,5)44(29(25)40-26)19-22-9-7-12-36-28(22)35-6/h7,9-12,17-18,24H,8,13-16,19-21H2,1-5H3,(H,37,46)/t24-/m0/s1. The van der Waals surface area contributed by atoms with Gasteiger partial charge in [-0.15, -0.1) is 4.98 Å². The minimum atomic E-state index is -0.847. The molecule has 3 aromatic rings. The lowest BCUT2D eigenvalue weighted by molar-refractivity contribution is 0.0526. The van der Waals surface area contributed by atoms with Crippen molar-refractivity contribution in [2.24, 2.45) is 0 Å².